The van der Waals surface area contributed by atoms with Crippen LogP contribution in [0.2, 0.25) is 0 Å². The van der Waals surface area contributed by atoms with Crippen molar-refractivity contribution < 1.29 is 13.2 Å². The molecule has 0 aromatic heterocycles. The molecule has 1 N–H and O–H groups in total. The van der Waals surface area contributed by atoms with Gasteiger partial charge in [-0.15, -0.1) is 0 Å². The Morgan fingerprint density at radius 2 is 1.55 bits per heavy atom. The van der Waals surface area contributed by atoms with E-state index in [1.54, 1.807) is 30.3 Å². The fraction of sp³-hybridized carbons (Fsp3) is 0.0952. The number of benzene rings is 3. The quantitative estimate of drug-likeness (QED) is 0.402. The minimum absolute atomic E-state index is 0.0879. The summed E-state index contributed by atoms with van der Waals surface area (Å²) in [5, 5.41) is 2.76. The molecule has 0 bridgehead atoms. The number of anilines is 1. The van der Waals surface area contributed by atoms with E-state index >= 15 is 0 Å². The van der Waals surface area contributed by atoms with Crippen LogP contribution in [0.3, 0.4) is 0 Å². The number of amides is 1. The highest BCUT2D eigenvalue weighted by Gasteiger charge is 2.26. The van der Waals surface area contributed by atoms with Gasteiger partial charge in [-0.1, -0.05) is 46.3 Å². The fourth-order valence-corrected chi connectivity index (χ4v) is 4.68. The lowest BCUT2D eigenvalue weighted by Crippen LogP contribution is -2.37. The molecule has 0 spiro atoms. The van der Waals surface area contributed by atoms with Crippen molar-refractivity contribution in [3.8, 4) is 0 Å². The molecule has 3 aromatic rings. The van der Waals surface area contributed by atoms with E-state index in [1.807, 2.05) is 36.4 Å². The van der Waals surface area contributed by atoms with Gasteiger partial charge < -0.3 is 5.32 Å². The monoisotopic (exact) mass is 584 g/mol. The highest BCUT2D eigenvalue weighted by atomic mass is 127. The Balaban J connectivity index is 1.84. The van der Waals surface area contributed by atoms with E-state index in [-0.39, 0.29) is 18.0 Å². The number of halogens is 2. The predicted molar refractivity (Wildman–Crippen MR) is 126 cm³/mol. The number of hydrogen-bond donors (Lipinski definition) is 1. The molecule has 0 heterocycles. The van der Waals surface area contributed by atoms with Crippen LogP contribution >= 0.6 is 38.5 Å². The van der Waals surface area contributed by atoms with Crippen LogP contribution in [0.15, 0.2) is 88.2 Å². The zero-order chi connectivity index (χ0) is 20.9. The topological polar surface area (TPSA) is 66.5 Å². The molecule has 29 heavy (non-hydrogen) atoms. The molecule has 0 atom stereocenters. The first-order valence-corrected chi connectivity index (χ1v) is 12.0. The molecule has 3 aromatic carbocycles. The lowest BCUT2D eigenvalue weighted by atomic mass is 10.2. The Morgan fingerprint density at radius 1 is 0.931 bits per heavy atom. The lowest BCUT2D eigenvalue weighted by molar-refractivity contribution is -0.116. The first kappa shape index (κ1) is 21.9. The average Bonchev–Trinajstić information content (AvgIpc) is 2.71. The summed E-state index contributed by atoms with van der Waals surface area (Å²) in [5.41, 5.74) is 1.41. The summed E-state index contributed by atoms with van der Waals surface area (Å²) in [6.07, 6.45) is 0. The van der Waals surface area contributed by atoms with Gasteiger partial charge >= 0.3 is 0 Å². The van der Waals surface area contributed by atoms with Gasteiger partial charge in [-0.25, -0.2) is 8.42 Å². The van der Waals surface area contributed by atoms with E-state index in [4.69, 9.17) is 0 Å². The Kier molecular flexibility index (Phi) is 7.44. The van der Waals surface area contributed by atoms with Crippen molar-refractivity contribution in [2.24, 2.45) is 0 Å². The van der Waals surface area contributed by atoms with E-state index in [0.29, 0.717) is 5.69 Å². The van der Waals surface area contributed by atoms with Crippen LogP contribution in [0.1, 0.15) is 5.56 Å². The van der Waals surface area contributed by atoms with Crippen LogP contribution in [0.5, 0.6) is 0 Å². The summed E-state index contributed by atoms with van der Waals surface area (Å²) < 4.78 is 29.5. The van der Waals surface area contributed by atoms with Gasteiger partial charge in [-0.2, -0.15) is 4.31 Å². The highest BCUT2D eigenvalue weighted by molar-refractivity contribution is 14.1. The zero-order valence-electron chi connectivity index (χ0n) is 15.3. The van der Waals surface area contributed by atoms with Gasteiger partial charge in [0.05, 0.1) is 11.4 Å². The van der Waals surface area contributed by atoms with Crippen LogP contribution in [0.4, 0.5) is 5.69 Å². The maximum Gasteiger partial charge on any atom is 0.243 e. The van der Waals surface area contributed by atoms with Crippen molar-refractivity contribution >= 4 is 60.1 Å². The van der Waals surface area contributed by atoms with Gasteiger partial charge in [0.2, 0.25) is 15.9 Å². The Bertz CT molecular complexity index is 1070. The summed E-state index contributed by atoms with van der Waals surface area (Å²) in [4.78, 5) is 12.8. The normalized spacial score (nSPS) is 11.4. The van der Waals surface area contributed by atoms with Crippen molar-refractivity contribution in [2.45, 2.75) is 11.4 Å². The number of nitrogens with zero attached hydrogens (tertiary/aromatic N) is 1. The zero-order valence-corrected chi connectivity index (χ0v) is 19.8. The maximum atomic E-state index is 13.2. The van der Waals surface area contributed by atoms with Crippen LogP contribution in [-0.4, -0.2) is 25.2 Å². The largest absolute Gasteiger partial charge is 0.325 e. The van der Waals surface area contributed by atoms with Crippen LogP contribution in [0.25, 0.3) is 0 Å². The minimum atomic E-state index is -3.84. The third kappa shape index (κ3) is 6.11. The molecule has 0 aliphatic rings. The molecular formula is C21H18BrIN2O3S. The second-order valence-corrected chi connectivity index (χ2v) is 10.4. The molecule has 0 unspecified atom stereocenters. The molecule has 150 valence electrons. The Labute approximate surface area is 192 Å². The first-order chi connectivity index (χ1) is 13.8. The second kappa shape index (κ2) is 9.84. The standard InChI is InChI=1S/C21H18BrIN2O3S/c22-17-8-6-16(7-9-17)14-25(29(27,28)20-4-2-1-3-5-20)15-21(26)24-19-12-10-18(23)11-13-19/h1-13H,14-15H2,(H,24,26). The molecule has 5 nitrogen and oxygen atoms in total. The molecule has 0 aliphatic carbocycles. The van der Waals surface area contributed by atoms with E-state index < -0.39 is 15.9 Å². The molecule has 1 amide bonds. The number of rotatable bonds is 7. The molecular weight excluding hydrogens is 567 g/mol. The van der Waals surface area contributed by atoms with E-state index in [2.05, 4.69) is 43.8 Å². The van der Waals surface area contributed by atoms with Crippen LogP contribution in [0, 0.1) is 3.57 Å². The number of hydrogen-bond acceptors (Lipinski definition) is 3. The smallest absolute Gasteiger partial charge is 0.243 e. The molecule has 0 fully saturated rings. The Hall–Kier alpha value is -1.75. The summed E-state index contributed by atoms with van der Waals surface area (Å²) in [6.45, 7) is -0.204. The average molecular weight is 585 g/mol. The summed E-state index contributed by atoms with van der Waals surface area (Å²) in [6, 6.07) is 22.8. The van der Waals surface area contributed by atoms with Crippen LogP contribution < -0.4 is 5.32 Å². The number of nitrogens with one attached hydrogen (secondary N) is 1. The van der Waals surface area contributed by atoms with Gasteiger partial charge in [0.15, 0.2) is 0 Å². The van der Waals surface area contributed by atoms with E-state index in [0.717, 1.165) is 13.6 Å². The highest BCUT2D eigenvalue weighted by Crippen LogP contribution is 2.20. The lowest BCUT2D eigenvalue weighted by Gasteiger charge is -2.22. The van der Waals surface area contributed by atoms with Crippen molar-refractivity contribution in [1.29, 1.82) is 0 Å². The number of sulfonamides is 1. The summed E-state index contributed by atoms with van der Waals surface area (Å²) in [5.74, 6) is -0.400. The Morgan fingerprint density at radius 3 is 2.17 bits per heavy atom. The van der Waals surface area contributed by atoms with Crippen molar-refractivity contribution in [3.63, 3.8) is 0 Å². The summed E-state index contributed by atoms with van der Waals surface area (Å²) >= 11 is 5.55. The van der Waals surface area contributed by atoms with Crippen molar-refractivity contribution in [1.82, 2.24) is 4.31 Å². The number of carbonyl (C=O) groups excluding carboxylic acids is 1. The van der Waals surface area contributed by atoms with Crippen molar-refractivity contribution in [3.05, 3.63) is 92.5 Å². The van der Waals surface area contributed by atoms with Gasteiger partial charge in [-0.05, 0) is 76.7 Å². The third-order valence-electron chi connectivity index (χ3n) is 4.10. The predicted octanol–water partition coefficient (Wildman–Crippen LogP) is 4.88. The second-order valence-electron chi connectivity index (χ2n) is 6.27. The molecule has 0 aliphatic heterocycles. The van der Waals surface area contributed by atoms with Gasteiger partial charge in [0.25, 0.3) is 0 Å². The molecule has 8 heteroatoms. The number of carbonyl (C=O) groups is 1. The maximum absolute atomic E-state index is 13.2. The molecule has 0 saturated heterocycles. The fourth-order valence-electron chi connectivity index (χ4n) is 2.65. The van der Waals surface area contributed by atoms with E-state index in [1.165, 1.54) is 16.4 Å². The first-order valence-electron chi connectivity index (χ1n) is 8.70. The van der Waals surface area contributed by atoms with E-state index in [9.17, 15) is 13.2 Å². The van der Waals surface area contributed by atoms with Crippen molar-refractivity contribution in [2.75, 3.05) is 11.9 Å². The third-order valence-corrected chi connectivity index (χ3v) is 7.15. The van der Waals surface area contributed by atoms with Gasteiger partial charge in [0, 0.05) is 20.3 Å². The summed E-state index contributed by atoms with van der Waals surface area (Å²) in [7, 11) is -3.84. The SMILES string of the molecule is O=C(CN(Cc1ccc(Br)cc1)S(=O)(=O)c1ccccc1)Nc1ccc(I)cc1. The van der Waals surface area contributed by atoms with Crippen LogP contribution in [-0.2, 0) is 21.4 Å². The minimum Gasteiger partial charge on any atom is -0.325 e. The van der Waals surface area contributed by atoms with Gasteiger partial charge in [-0.3, -0.25) is 4.79 Å². The molecule has 0 saturated carbocycles. The molecule has 3 rings (SSSR count). The molecule has 0 radical (unpaired) electrons. The van der Waals surface area contributed by atoms with Gasteiger partial charge in [0.1, 0.15) is 0 Å².